The molecule has 0 spiro atoms. The molecule has 4 nitrogen and oxygen atoms in total. The lowest BCUT2D eigenvalue weighted by molar-refractivity contribution is 0.100. The largest absolute Gasteiger partial charge is 0.492 e. The van der Waals surface area contributed by atoms with Crippen LogP contribution >= 0.6 is 11.3 Å². The number of carbonyl (C=O) groups is 1. The lowest BCUT2D eigenvalue weighted by Gasteiger charge is -2.21. The first-order chi connectivity index (χ1) is 12.7. The smallest absolute Gasteiger partial charge is 0.258 e. The first-order valence-corrected chi connectivity index (χ1v) is 10.4. The molecule has 0 atom stereocenters. The summed E-state index contributed by atoms with van der Waals surface area (Å²) < 4.78 is 5.80. The first kappa shape index (κ1) is 18.9. The molecule has 3 N–H and O–H groups in total. The van der Waals surface area contributed by atoms with Gasteiger partial charge in [-0.1, -0.05) is 32.1 Å². The van der Waals surface area contributed by atoms with E-state index in [0.717, 1.165) is 35.2 Å². The number of nitrogens with one attached hydrogen (secondary N) is 1. The molecule has 26 heavy (non-hydrogen) atoms. The molecule has 0 saturated heterocycles. The number of nitrogens with two attached hydrogens (primary N) is 1. The summed E-state index contributed by atoms with van der Waals surface area (Å²) in [7, 11) is 0. The van der Waals surface area contributed by atoms with E-state index in [-0.39, 0.29) is 5.91 Å². The van der Waals surface area contributed by atoms with Crippen LogP contribution in [-0.4, -0.2) is 25.6 Å². The zero-order chi connectivity index (χ0) is 18.2. The Balaban J connectivity index is 1.35. The minimum absolute atomic E-state index is 0.378. The number of thiophene rings is 1. The molecule has 0 unspecified atom stereocenters. The third-order valence-electron chi connectivity index (χ3n) is 4.99. The average Bonchev–Trinajstić information content (AvgIpc) is 3.16. The molecule has 1 fully saturated rings. The minimum atomic E-state index is -0.378. The number of amides is 1. The molecule has 1 aliphatic carbocycles. The van der Waals surface area contributed by atoms with Crippen LogP contribution in [0.4, 0.5) is 0 Å². The van der Waals surface area contributed by atoms with E-state index in [9.17, 15) is 4.79 Å². The Kier molecular flexibility index (Phi) is 7.09. The molecule has 1 saturated carbocycles. The Morgan fingerprint density at radius 1 is 1.08 bits per heavy atom. The van der Waals surface area contributed by atoms with Gasteiger partial charge in [0.25, 0.3) is 5.91 Å². The van der Waals surface area contributed by atoms with Crippen LogP contribution in [0.2, 0.25) is 0 Å². The summed E-state index contributed by atoms with van der Waals surface area (Å²) in [6, 6.07) is 11.7. The molecule has 1 amide bonds. The minimum Gasteiger partial charge on any atom is -0.492 e. The van der Waals surface area contributed by atoms with Crippen LogP contribution in [0.25, 0.3) is 10.4 Å². The van der Waals surface area contributed by atoms with Gasteiger partial charge in [0.2, 0.25) is 0 Å². The Hall–Kier alpha value is -1.85. The second-order valence-corrected chi connectivity index (χ2v) is 8.03. The van der Waals surface area contributed by atoms with Gasteiger partial charge in [0.15, 0.2) is 0 Å². The zero-order valence-corrected chi connectivity index (χ0v) is 16.0. The first-order valence-electron chi connectivity index (χ1n) is 9.56. The van der Waals surface area contributed by atoms with Gasteiger partial charge in [-0.05, 0) is 60.8 Å². The maximum Gasteiger partial charge on any atom is 0.258 e. The number of benzene rings is 1. The summed E-state index contributed by atoms with van der Waals surface area (Å²) in [6.07, 6.45) is 8.38. The van der Waals surface area contributed by atoms with E-state index in [1.165, 1.54) is 49.9 Å². The van der Waals surface area contributed by atoms with Gasteiger partial charge in [0.1, 0.15) is 12.4 Å². The van der Waals surface area contributed by atoms with E-state index >= 15 is 0 Å². The van der Waals surface area contributed by atoms with E-state index < -0.39 is 0 Å². The summed E-state index contributed by atoms with van der Waals surface area (Å²) in [4.78, 5) is 12.8. The maximum absolute atomic E-state index is 11.2. The van der Waals surface area contributed by atoms with Gasteiger partial charge >= 0.3 is 0 Å². The molecule has 140 valence electrons. The van der Waals surface area contributed by atoms with Crippen LogP contribution in [0.5, 0.6) is 5.75 Å². The summed E-state index contributed by atoms with van der Waals surface area (Å²) in [5.74, 6) is 1.42. The molecule has 1 aromatic carbocycles. The van der Waals surface area contributed by atoms with Crippen molar-refractivity contribution in [2.24, 2.45) is 11.7 Å². The number of hydrogen-bond donors (Lipinski definition) is 2. The van der Waals surface area contributed by atoms with Gasteiger partial charge in [0, 0.05) is 11.4 Å². The monoisotopic (exact) mass is 372 g/mol. The maximum atomic E-state index is 11.2. The normalized spacial score (nSPS) is 15.1. The standard InChI is InChI=1S/C21H28N2O2S/c22-21(24)20-11-10-19(26-20)17-6-8-18(9-7-17)25-15-14-23-13-12-16-4-2-1-3-5-16/h6-11,16,23H,1-5,12-15H2,(H2,22,24). The fourth-order valence-corrected chi connectivity index (χ4v) is 4.35. The molecular weight excluding hydrogens is 344 g/mol. The molecule has 0 aliphatic heterocycles. The highest BCUT2D eigenvalue weighted by molar-refractivity contribution is 7.17. The van der Waals surface area contributed by atoms with Crippen LogP contribution in [0.15, 0.2) is 36.4 Å². The molecule has 0 radical (unpaired) electrons. The number of hydrogen-bond acceptors (Lipinski definition) is 4. The van der Waals surface area contributed by atoms with Crippen LogP contribution in [0, 0.1) is 5.92 Å². The van der Waals surface area contributed by atoms with E-state index in [2.05, 4.69) is 5.32 Å². The van der Waals surface area contributed by atoms with Gasteiger partial charge in [-0.3, -0.25) is 4.79 Å². The predicted molar refractivity (Wildman–Crippen MR) is 108 cm³/mol. The number of primary amides is 1. The molecule has 1 aliphatic rings. The Morgan fingerprint density at radius 3 is 2.54 bits per heavy atom. The SMILES string of the molecule is NC(=O)c1ccc(-c2ccc(OCCNCCC3CCCCC3)cc2)s1. The molecule has 1 aromatic heterocycles. The summed E-state index contributed by atoms with van der Waals surface area (Å²) in [5.41, 5.74) is 6.38. The third kappa shape index (κ3) is 5.58. The summed E-state index contributed by atoms with van der Waals surface area (Å²) in [6.45, 7) is 2.64. The van der Waals surface area contributed by atoms with E-state index in [1.807, 2.05) is 30.3 Å². The van der Waals surface area contributed by atoms with Gasteiger partial charge in [-0.2, -0.15) is 0 Å². The van der Waals surface area contributed by atoms with Gasteiger partial charge in [0.05, 0.1) is 4.88 Å². The van der Waals surface area contributed by atoms with E-state index in [4.69, 9.17) is 10.5 Å². The van der Waals surface area contributed by atoms with Crippen molar-refractivity contribution in [2.75, 3.05) is 19.7 Å². The van der Waals surface area contributed by atoms with Crippen LogP contribution in [0.3, 0.4) is 0 Å². The predicted octanol–water partition coefficient (Wildman–Crippen LogP) is 4.45. The highest BCUT2D eigenvalue weighted by atomic mass is 32.1. The van der Waals surface area contributed by atoms with Crippen molar-refractivity contribution < 1.29 is 9.53 Å². The summed E-state index contributed by atoms with van der Waals surface area (Å²) in [5, 5.41) is 3.49. The Labute approximate surface area is 159 Å². The van der Waals surface area contributed by atoms with Crippen molar-refractivity contribution in [1.29, 1.82) is 0 Å². The second kappa shape index (κ2) is 9.74. The van der Waals surface area contributed by atoms with Crippen molar-refractivity contribution in [2.45, 2.75) is 38.5 Å². The fourth-order valence-electron chi connectivity index (χ4n) is 3.49. The van der Waals surface area contributed by atoms with Crippen LogP contribution < -0.4 is 15.8 Å². The fraction of sp³-hybridized carbons (Fsp3) is 0.476. The van der Waals surface area contributed by atoms with Gasteiger partial charge in [-0.15, -0.1) is 11.3 Å². The average molecular weight is 373 g/mol. The molecular formula is C21H28N2O2S. The second-order valence-electron chi connectivity index (χ2n) is 6.94. The quantitative estimate of drug-likeness (QED) is 0.639. The third-order valence-corrected chi connectivity index (χ3v) is 6.14. The molecule has 3 rings (SSSR count). The van der Waals surface area contributed by atoms with Gasteiger partial charge < -0.3 is 15.8 Å². The van der Waals surface area contributed by atoms with Crippen molar-refractivity contribution in [3.8, 4) is 16.2 Å². The summed E-state index contributed by atoms with van der Waals surface area (Å²) >= 11 is 1.41. The highest BCUT2D eigenvalue weighted by Gasteiger charge is 2.12. The Morgan fingerprint density at radius 2 is 1.85 bits per heavy atom. The number of ether oxygens (including phenoxy) is 1. The van der Waals surface area contributed by atoms with Crippen molar-refractivity contribution in [3.63, 3.8) is 0 Å². The van der Waals surface area contributed by atoms with E-state index in [1.54, 1.807) is 6.07 Å². The van der Waals surface area contributed by atoms with Crippen molar-refractivity contribution in [1.82, 2.24) is 5.32 Å². The van der Waals surface area contributed by atoms with Crippen LogP contribution in [0.1, 0.15) is 48.2 Å². The molecule has 0 bridgehead atoms. The topological polar surface area (TPSA) is 64.4 Å². The van der Waals surface area contributed by atoms with Crippen molar-refractivity contribution in [3.05, 3.63) is 41.3 Å². The van der Waals surface area contributed by atoms with E-state index in [0.29, 0.717) is 11.5 Å². The van der Waals surface area contributed by atoms with Crippen molar-refractivity contribution >= 4 is 17.2 Å². The molecule has 1 heterocycles. The van der Waals surface area contributed by atoms with Crippen LogP contribution in [-0.2, 0) is 0 Å². The highest BCUT2D eigenvalue weighted by Crippen LogP contribution is 2.29. The Bertz CT molecular complexity index is 690. The lowest BCUT2D eigenvalue weighted by Crippen LogP contribution is -2.24. The number of rotatable bonds is 9. The molecule has 2 aromatic rings. The lowest BCUT2D eigenvalue weighted by atomic mass is 9.87. The molecule has 5 heteroatoms. The zero-order valence-electron chi connectivity index (χ0n) is 15.2. The number of carbonyl (C=O) groups excluding carboxylic acids is 1. The van der Waals surface area contributed by atoms with Gasteiger partial charge in [-0.25, -0.2) is 0 Å².